The summed E-state index contributed by atoms with van der Waals surface area (Å²) in [7, 11) is 0. The lowest BCUT2D eigenvalue weighted by molar-refractivity contribution is 0.585. The zero-order chi connectivity index (χ0) is 11.1. The highest BCUT2D eigenvalue weighted by Gasteiger charge is 1.87. The summed E-state index contributed by atoms with van der Waals surface area (Å²) in [6.07, 6.45) is 14.1. The van der Waals surface area contributed by atoms with E-state index in [4.69, 9.17) is 0 Å². The van der Waals surface area contributed by atoms with Crippen LogP contribution in [0.5, 0.6) is 0 Å². The number of hydrogen-bond donors (Lipinski definition) is 0. The van der Waals surface area contributed by atoms with Gasteiger partial charge in [-0.3, -0.25) is 0 Å². The van der Waals surface area contributed by atoms with Gasteiger partial charge in [-0.25, -0.2) is 0 Å². The Kier molecular flexibility index (Phi) is 22.0. The molecule has 0 aromatic rings. The first-order chi connectivity index (χ1) is 6.83. The van der Waals surface area contributed by atoms with Gasteiger partial charge in [-0.15, -0.1) is 0 Å². The van der Waals surface area contributed by atoms with E-state index in [-0.39, 0.29) is 0 Å². The fourth-order valence-electron chi connectivity index (χ4n) is 1.21. The molecule has 0 aliphatic rings. The zero-order valence-corrected chi connectivity index (χ0v) is 11.1. The van der Waals surface area contributed by atoms with Gasteiger partial charge in [0.1, 0.15) is 0 Å². The average Bonchev–Trinajstić information content (AvgIpc) is 2.24. The second-order valence-electron chi connectivity index (χ2n) is 4.12. The van der Waals surface area contributed by atoms with Crippen LogP contribution in [0.2, 0.25) is 0 Å². The van der Waals surface area contributed by atoms with Gasteiger partial charge in [0.05, 0.1) is 0 Å². The van der Waals surface area contributed by atoms with Crippen LogP contribution in [0.4, 0.5) is 0 Å². The molecule has 0 aliphatic carbocycles. The predicted molar refractivity (Wildman–Crippen MR) is 68.9 cm³/mol. The molecule has 0 heteroatoms. The summed E-state index contributed by atoms with van der Waals surface area (Å²) in [5.41, 5.74) is 0. The Morgan fingerprint density at radius 2 is 0.643 bits per heavy atom. The van der Waals surface area contributed by atoms with E-state index in [0.717, 1.165) is 0 Å². The molecule has 0 heterocycles. The smallest absolute Gasteiger partial charge is 0.0533 e. The highest BCUT2D eigenvalue weighted by molar-refractivity contribution is 4.43. The Labute approximate surface area is 92.5 Å². The molecule has 0 unspecified atom stereocenters. The van der Waals surface area contributed by atoms with Gasteiger partial charge < -0.3 is 0 Å². The maximum Gasteiger partial charge on any atom is -0.0533 e. The molecule has 0 aliphatic heterocycles. The van der Waals surface area contributed by atoms with E-state index in [1.807, 2.05) is 0 Å². The molecule has 0 amide bonds. The van der Waals surface area contributed by atoms with Crippen molar-refractivity contribution >= 4 is 0 Å². The van der Waals surface area contributed by atoms with Gasteiger partial charge in [0, 0.05) is 0 Å². The minimum atomic E-state index is 1.32. The highest BCUT2D eigenvalue weighted by atomic mass is 13.9. The van der Waals surface area contributed by atoms with E-state index < -0.39 is 0 Å². The van der Waals surface area contributed by atoms with Crippen LogP contribution in [0.15, 0.2) is 0 Å². The summed E-state index contributed by atoms with van der Waals surface area (Å²) in [6, 6.07) is 0. The van der Waals surface area contributed by atoms with E-state index in [1.165, 1.54) is 64.2 Å². The maximum absolute atomic E-state index is 2.27. The van der Waals surface area contributed by atoms with Crippen LogP contribution in [-0.4, -0.2) is 0 Å². The van der Waals surface area contributed by atoms with Crippen molar-refractivity contribution in [1.29, 1.82) is 0 Å². The molecule has 0 bridgehead atoms. The molecular formula is C14H32. The summed E-state index contributed by atoms with van der Waals surface area (Å²) in [4.78, 5) is 0. The summed E-state index contributed by atoms with van der Waals surface area (Å²) < 4.78 is 0. The largest absolute Gasteiger partial charge is 0.0654 e. The van der Waals surface area contributed by atoms with Gasteiger partial charge in [-0.05, 0) is 0 Å². The molecule has 0 fully saturated rings. The maximum atomic E-state index is 2.27. The van der Waals surface area contributed by atoms with E-state index in [2.05, 4.69) is 27.7 Å². The molecule has 0 aromatic carbocycles. The Morgan fingerprint density at radius 1 is 0.357 bits per heavy atom. The standard InChI is InChI=1S/C10H22.C4H10/c1-3-5-7-9-10-8-6-4-2;1-3-4-2/h3-10H2,1-2H3;3-4H2,1-2H3. The van der Waals surface area contributed by atoms with E-state index >= 15 is 0 Å². The third-order valence-corrected chi connectivity index (χ3v) is 2.46. The first kappa shape index (κ1) is 16.4. The number of rotatable bonds is 8. The normalized spacial score (nSPS) is 9.43. The van der Waals surface area contributed by atoms with Crippen LogP contribution in [0.25, 0.3) is 0 Å². The third-order valence-electron chi connectivity index (χ3n) is 2.46. The second-order valence-corrected chi connectivity index (χ2v) is 4.12. The molecule has 0 N–H and O–H groups in total. The molecular weight excluding hydrogens is 168 g/mol. The van der Waals surface area contributed by atoms with Crippen molar-refractivity contribution in [1.82, 2.24) is 0 Å². The fraction of sp³-hybridized carbons (Fsp3) is 1.00. The van der Waals surface area contributed by atoms with Gasteiger partial charge in [-0.1, -0.05) is 91.9 Å². The topological polar surface area (TPSA) is 0 Å². The molecule has 0 atom stereocenters. The Bertz CT molecular complexity index is 56.4. The number of hydrogen-bond acceptors (Lipinski definition) is 0. The summed E-state index contributed by atoms with van der Waals surface area (Å²) in [6.45, 7) is 8.90. The Hall–Kier alpha value is 0. The fourth-order valence-corrected chi connectivity index (χ4v) is 1.21. The quantitative estimate of drug-likeness (QED) is 0.424. The van der Waals surface area contributed by atoms with Crippen molar-refractivity contribution < 1.29 is 0 Å². The van der Waals surface area contributed by atoms with Crippen molar-refractivity contribution in [2.45, 2.75) is 91.9 Å². The van der Waals surface area contributed by atoms with Gasteiger partial charge in [-0.2, -0.15) is 0 Å². The molecule has 14 heavy (non-hydrogen) atoms. The molecule has 0 aromatic heterocycles. The summed E-state index contributed by atoms with van der Waals surface area (Å²) >= 11 is 0. The third kappa shape index (κ3) is 22.7. The summed E-state index contributed by atoms with van der Waals surface area (Å²) in [5.74, 6) is 0. The van der Waals surface area contributed by atoms with Crippen LogP contribution in [-0.2, 0) is 0 Å². The van der Waals surface area contributed by atoms with Crippen molar-refractivity contribution in [2.24, 2.45) is 0 Å². The van der Waals surface area contributed by atoms with Crippen molar-refractivity contribution in [3.05, 3.63) is 0 Å². The van der Waals surface area contributed by atoms with Crippen LogP contribution in [0.1, 0.15) is 91.9 Å². The molecule has 0 saturated heterocycles. The molecule has 0 saturated carbocycles. The predicted octanol–water partition coefficient (Wildman–Crippen LogP) is 5.95. The number of unbranched alkanes of at least 4 members (excludes halogenated alkanes) is 8. The molecule has 0 spiro atoms. The molecule has 0 radical (unpaired) electrons. The first-order valence-electron chi connectivity index (χ1n) is 6.83. The van der Waals surface area contributed by atoms with Crippen molar-refractivity contribution in [2.75, 3.05) is 0 Å². The molecule has 88 valence electrons. The lowest BCUT2D eigenvalue weighted by Gasteiger charge is -1.97. The summed E-state index contributed by atoms with van der Waals surface area (Å²) in [5, 5.41) is 0. The van der Waals surface area contributed by atoms with Crippen molar-refractivity contribution in [3.63, 3.8) is 0 Å². The Balaban J connectivity index is 0. The van der Waals surface area contributed by atoms with Gasteiger partial charge >= 0.3 is 0 Å². The van der Waals surface area contributed by atoms with Crippen LogP contribution in [0, 0.1) is 0 Å². The second kappa shape index (κ2) is 18.7. The minimum absolute atomic E-state index is 1.32. The van der Waals surface area contributed by atoms with Gasteiger partial charge in [0.2, 0.25) is 0 Å². The van der Waals surface area contributed by atoms with Gasteiger partial charge in [0.25, 0.3) is 0 Å². The van der Waals surface area contributed by atoms with E-state index in [0.29, 0.717) is 0 Å². The minimum Gasteiger partial charge on any atom is -0.0654 e. The molecule has 0 nitrogen and oxygen atoms in total. The van der Waals surface area contributed by atoms with Crippen molar-refractivity contribution in [3.8, 4) is 0 Å². The average molecular weight is 200 g/mol. The van der Waals surface area contributed by atoms with Crippen LogP contribution < -0.4 is 0 Å². The monoisotopic (exact) mass is 200 g/mol. The highest BCUT2D eigenvalue weighted by Crippen LogP contribution is 2.07. The van der Waals surface area contributed by atoms with Gasteiger partial charge in [0.15, 0.2) is 0 Å². The van der Waals surface area contributed by atoms with Crippen LogP contribution in [0.3, 0.4) is 0 Å². The lowest BCUT2D eigenvalue weighted by atomic mass is 10.1. The van der Waals surface area contributed by atoms with E-state index in [9.17, 15) is 0 Å². The molecule has 0 rings (SSSR count). The Morgan fingerprint density at radius 3 is 0.857 bits per heavy atom. The van der Waals surface area contributed by atoms with E-state index in [1.54, 1.807) is 0 Å². The lowest BCUT2D eigenvalue weighted by Crippen LogP contribution is -1.77. The van der Waals surface area contributed by atoms with Crippen LogP contribution >= 0.6 is 0 Å². The SMILES string of the molecule is CCCC.CCCCCCCCCC. The zero-order valence-electron chi connectivity index (χ0n) is 11.1. The first-order valence-corrected chi connectivity index (χ1v) is 6.83.